The third-order valence-electron chi connectivity index (χ3n) is 3.90. The lowest BCUT2D eigenvalue weighted by Crippen LogP contribution is -2.24. The SMILES string of the molecule is CCOc1cc(C)c(/C=N\NC(=O)COc2ccc(Br)cc2)cc1C(C)C. The second-order valence-electron chi connectivity index (χ2n) is 6.37. The Hall–Kier alpha value is -2.34. The van der Waals surface area contributed by atoms with Gasteiger partial charge < -0.3 is 9.47 Å². The van der Waals surface area contributed by atoms with Gasteiger partial charge in [-0.05, 0) is 72.9 Å². The minimum atomic E-state index is -0.318. The minimum Gasteiger partial charge on any atom is -0.494 e. The molecule has 0 atom stereocenters. The summed E-state index contributed by atoms with van der Waals surface area (Å²) in [5.41, 5.74) is 5.59. The number of ether oxygens (including phenoxy) is 2. The van der Waals surface area contributed by atoms with Crippen LogP contribution in [0.15, 0.2) is 46.0 Å². The van der Waals surface area contributed by atoms with Gasteiger partial charge in [0.15, 0.2) is 6.61 Å². The maximum absolute atomic E-state index is 11.9. The van der Waals surface area contributed by atoms with Crippen LogP contribution < -0.4 is 14.9 Å². The molecule has 0 aliphatic carbocycles. The van der Waals surface area contributed by atoms with E-state index in [0.29, 0.717) is 18.3 Å². The number of hydrogen-bond donors (Lipinski definition) is 1. The summed E-state index contributed by atoms with van der Waals surface area (Å²) in [6.45, 7) is 8.73. The summed E-state index contributed by atoms with van der Waals surface area (Å²) >= 11 is 3.35. The van der Waals surface area contributed by atoms with Crippen LogP contribution in [0.3, 0.4) is 0 Å². The lowest BCUT2D eigenvalue weighted by atomic mass is 9.97. The number of nitrogens with zero attached hydrogens (tertiary/aromatic N) is 1. The number of amides is 1. The lowest BCUT2D eigenvalue weighted by Gasteiger charge is -2.15. The molecule has 5 nitrogen and oxygen atoms in total. The van der Waals surface area contributed by atoms with Crippen LogP contribution in [0.1, 0.15) is 43.4 Å². The van der Waals surface area contributed by atoms with E-state index in [1.165, 1.54) is 0 Å². The standard InChI is InChI=1S/C21H25BrN2O3/c1-5-26-20-10-15(4)16(11-19(20)14(2)3)12-23-24-21(25)13-27-18-8-6-17(22)7-9-18/h6-12,14H,5,13H2,1-4H3,(H,24,25)/b23-12-. The molecule has 0 spiro atoms. The van der Waals surface area contributed by atoms with Gasteiger partial charge in [-0.25, -0.2) is 5.43 Å². The molecule has 0 aliphatic rings. The topological polar surface area (TPSA) is 59.9 Å². The van der Waals surface area contributed by atoms with Crippen LogP contribution in [0.5, 0.6) is 11.5 Å². The Morgan fingerprint density at radius 3 is 2.56 bits per heavy atom. The zero-order chi connectivity index (χ0) is 19.8. The number of carbonyl (C=O) groups excluding carboxylic acids is 1. The van der Waals surface area contributed by atoms with Crippen LogP contribution in [0.4, 0.5) is 0 Å². The summed E-state index contributed by atoms with van der Waals surface area (Å²) in [4.78, 5) is 11.9. The monoisotopic (exact) mass is 432 g/mol. The highest BCUT2D eigenvalue weighted by Crippen LogP contribution is 2.29. The van der Waals surface area contributed by atoms with Crippen molar-refractivity contribution in [1.82, 2.24) is 5.43 Å². The average molecular weight is 433 g/mol. The van der Waals surface area contributed by atoms with E-state index in [2.05, 4.69) is 46.4 Å². The Bertz CT molecular complexity index is 802. The first kappa shape index (κ1) is 21.0. The second kappa shape index (κ2) is 10.1. The van der Waals surface area contributed by atoms with Gasteiger partial charge in [0.2, 0.25) is 0 Å². The predicted octanol–water partition coefficient (Wildman–Crippen LogP) is 4.81. The van der Waals surface area contributed by atoms with Crippen LogP contribution in [0, 0.1) is 6.92 Å². The lowest BCUT2D eigenvalue weighted by molar-refractivity contribution is -0.123. The van der Waals surface area contributed by atoms with Crippen LogP contribution in [-0.2, 0) is 4.79 Å². The number of nitrogens with one attached hydrogen (secondary N) is 1. The van der Waals surface area contributed by atoms with Gasteiger partial charge >= 0.3 is 0 Å². The number of carbonyl (C=O) groups is 1. The fourth-order valence-corrected chi connectivity index (χ4v) is 2.74. The third-order valence-corrected chi connectivity index (χ3v) is 4.43. The Labute approximate surface area is 168 Å². The van der Waals surface area contributed by atoms with Gasteiger partial charge in [-0.3, -0.25) is 4.79 Å². The third kappa shape index (κ3) is 6.40. The van der Waals surface area contributed by atoms with Gasteiger partial charge in [0.05, 0.1) is 12.8 Å². The molecule has 0 unspecified atom stereocenters. The van der Waals surface area contributed by atoms with Crippen molar-refractivity contribution in [2.24, 2.45) is 5.10 Å². The predicted molar refractivity (Wildman–Crippen MR) is 112 cm³/mol. The van der Waals surface area contributed by atoms with Gasteiger partial charge in [0.25, 0.3) is 5.91 Å². The van der Waals surface area contributed by atoms with Crippen LogP contribution in [0.2, 0.25) is 0 Å². The fraction of sp³-hybridized carbons (Fsp3) is 0.333. The van der Waals surface area contributed by atoms with E-state index < -0.39 is 0 Å². The largest absolute Gasteiger partial charge is 0.494 e. The maximum Gasteiger partial charge on any atom is 0.277 e. The molecule has 144 valence electrons. The van der Waals surface area contributed by atoms with Crippen molar-refractivity contribution in [2.75, 3.05) is 13.2 Å². The maximum atomic E-state index is 11.9. The molecular formula is C21H25BrN2O3. The smallest absolute Gasteiger partial charge is 0.277 e. The van der Waals surface area contributed by atoms with Crippen molar-refractivity contribution < 1.29 is 14.3 Å². The Balaban J connectivity index is 1.97. The molecule has 0 aliphatic heterocycles. The van der Waals surface area contributed by atoms with Crippen molar-refractivity contribution in [2.45, 2.75) is 33.6 Å². The summed E-state index contributed by atoms with van der Waals surface area (Å²) in [6, 6.07) is 11.4. The summed E-state index contributed by atoms with van der Waals surface area (Å²) in [6.07, 6.45) is 1.65. The van der Waals surface area contributed by atoms with Crippen LogP contribution >= 0.6 is 15.9 Å². The summed E-state index contributed by atoms with van der Waals surface area (Å²) in [7, 11) is 0. The highest BCUT2D eigenvalue weighted by atomic mass is 79.9. The molecule has 0 saturated carbocycles. The van der Waals surface area contributed by atoms with Gasteiger partial charge in [-0.1, -0.05) is 29.8 Å². The number of benzene rings is 2. The molecule has 2 rings (SSSR count). The van der Waals surface area contributed by atoms with E-state index in [0.717, 1.165) is 26.9 Å². The summed E-state index contributed by atoms with van der Waals surface area (Å²) in [5.74, 6) is 1.53. The molecule has 2 aromatic rings. The summed E-state index contributed by atoms with van der Waals surface area (Å²) < 4.78 is 12.1. The van der Waals surface area contributed by atoms with Crippen molar-refractivity contribution >= 4 is 28.1 Å². The molecule has 0 radical (unpaired) electrons. The molecule has 6 heteroatoms. The molecular weight excluding hydrogens is 408 g/mol. The number of aryl methyl sites for hydroxylation is 1. The first-order chi connectivity index (χ1) is 12.9. The quantitative estimate of drug-likeness (QED) is 0.480. The number of hydrogen-bond acceptors (Lipinski definition) is 4. The normalized spacial score (nSPS) is 11.0. The molecule has 0 aromatic heterocycles. The first-order valence-electron chi connectivity index (χ1n) is 8.88. The molecule has 0 heterocycles. The van der Waals surface area contributed by atoms with Crippen molar-refractivity contribution in [3.05, 3.63) is 57.6 Å². The Morgan fingerprint density at radius 1 is 1.22 bits per heavy atom. The minimum absolute atomic E-state index is 0.0987. The van der Waals surface area contributed by atoms with Crippen molar-refractivity contribution in [1.29, 1.82) is 0 Å². The van der Waals surface area contributed by atoms with Crippen molar-refractivity contribution in [3.63, 3.8) is 0 Å². The number of halogens is 1. The zero-order valence-corrected chi connectivity index (χ0v) is 17.7. The van der Waals surface area contributed by atoms with Crippen LogP contribution in [0.25, 0.3) is 0 Å². The Kier molecular flexibility index (Phi) is 7.85. The first-order valence-corrected chi connectivity index (χ1v) is 9.67. The second-order valence-corrected chi connectivity index (χ2v) is 7.29. The molecule has 0 bridgehead atoms. The fourth-order valence-electron chi connectivity index (χ4n) is 2.47. The van der Waals surface area contributed by atoms with E-state index in [9.17, 15) is 4.79 Å². The van der Waals surface area contributed by atoms with Crippen molar-refractivity contribution in [3.8, 4) is 11.5 Å². The van der Waals surface area contributed by atoms with Crippen LogP contribution in [-0.4, -0.2) is 25.3 Å². The van der Waals surface area contributed by atoms with Gasteiger partial charge in [0.1, 0.15) is 11.5 Å². The number of hydrazone groups is 1. The van der Waals surface area contributed by atoms with Gasteiger partial charge in [-0.2, -0.15) is 5.10 Å². The van der Waals surface area contributed by atoms with E-state index in [1.54, 1.807) is 18.3 Å². The van der Waals surface area contributed by atoms with E-state index in [4.69, 9.17) is 9.47 Å². The molecule has 2 aromatic carbocycles. The zero-order valence-electron chi connectivity index (χ0n) is 16.1. The Morgan fingerprint density at radius 2 is 1.93 bits per heavy atom. The number of rotatable bonds is 8. The van der Waals surface area contributed by atoms with Gasteiger partial charge in [-0.15, -0.1) is 0 Å². The molecule has 1 amide bonds. The summed E-state index contributed by atoms with van der Waals surface area (Å²) in [5, 5.41) is 4.05. The molecule has 27 heavy (non-hydrogen) atoms. The van der Waals surface area contributed by atoms with E-state index >= 15 is 0 Å². The molecule has 0 fully saturated rings. The van der Waals surface area contributed by atoms with Gasteiger partial charge in [0, 0.05) is 4.47 Å². The van der Waals surface area contributed by atoms with E-state index in [-0.39, 0.29) is 12.5 Å². The molecule has 0 saturated heterocycles. The average Bonchev–Trinajstić information content (AvgIpc) is 2.63. The highest BCUT2D eigenvalue weighted by Gasteiger charge is 2.11. The van der Waals surface area contributed by atoms with E-state index in [1.807, 2.05) is 32.0 Å². The molecule has 1 N–H and O–H groups in total. The highest BCUT2D eigenvalue weighted by molar-refractivity contribution is 9.10.